The normalized spacial score (nSPS) is 9.79. The monoisotopic (exact) mass is 214 g/mol. The molecule has 0 aliphatic rings. The molecular weight excluding hydrogens is 204 g/mol. The van der Waals surface area contributed by atoms with Crippen molar-refractivity contribution in [1.29, 1.82) is 0 Å². The van der Waals surface area contributed by atoms with E-state index in [9.17, 15) is 10.1 Å². The van der Waals surface area contributed by atoms with Gasteiger partial charge in [-0.15, -0.1) is 12.4 Å². The van der Waals surface area contributed by atoms with Gasteiger partial charge in [0.05, 0.1) is 4.92 Å². The standard InChI is InChI=1S/C9H10N2O2.ClH/c10-7-1-2-8-3-5-9(6-4-8)11(12)13;/h1-6H,7,10H2;1H. The lowest BCUT2D eigenvalue weighted by Gasteiger charge is -1.92. The molecule has 1 aromatic carbocycles. The third-order valence-electron chi connectivity index (χ3n) is 1.55. The Kier molecular flexibility index (Phi) is 5.52. The van der Waals surface area contributed by atoms with Gasteiger partial charge in [-0.25, -0.2) is 0 Å². The molecule has 0 amide bonds. The number of nitro benzene ring substituents is 1. The van der Waals surface area contributed by atoms with E-state index in [0.29, 0.717) is 6.54 Å². The maximum absolute atomic E-state index is 10.3. The summed E-state index contributed by atoms with van der Waals surface area (Å²) in [5.74, 6) is 0. The maximum Gasteiger partial charge on any atom is 0.269 e. The van der Waals surface area contributed by atoms with Crippen LogP contribution in [0.5, 0.6) is 0 Å². The highest BCUT2D eigenvalue weighted by Crippen LogP contribution is 2.12. The Labute approximate surface area is 88.0 Å². The molecule has 76 valence electrons. The highest BCUT2D eigenvalue weighted by Gasteiger charge is 2.01. The van der Waals surface area contributed by atoms with Crippen molar-refractivity contribution in [1.82, 2.24) is 0 Å². The Morgan fingerprint density at radius 1 is 1.36 bits per heavy atom. The van der Waals surface area contributed by atoms with Crippen LogP contribution in [0.1, 0.15) is 5.56 Å². The fraction of sp³-hybridized carbons (Fsp3) is 0.111. The van der Waals surface area contributed by atoms with Crippen LogP contribution < -0.4 is 5.73 Å². The van der Waals surface area contributed by atoms with Crippen LogP contribution in [-0.2, 0) is 0 Å². The van der Waals surface area contributed by atoms with Gasteiger partial charge >= 0.3 is 0 Å². The van der Waals surface area contributed by atoms with Crippen molar-refractivity contribution in [3.05, 3.63) is 46.0 Å². The number of benzene rings is 1. The first-order valence-electron chi connectivity index (χ1n) is 3.85. The molecule has 0 bridgehead atoms. The summed E-state index contributed by atoms with van der Waals surface area (Å²) in [5, 5.41) is 10.3. The highest BCUT2D eigenvalue weighted by atomic mass is 35.5. The van der Waals surface area contributed by atoms with E-state index in [0.717, 1.165) is 5.56 Å². The lowest BCUT2D eigenvalue weighted by Crippen LogP contribution is -1.92. The number of hydrogen-bond acceptors (Lipinski definition) is 3. The van der Waals surface area contributed by atoms with Crippen molar-refractivity contribution < 1.29 is 4.92 Å². The minimum atomic E-state index is -0.420. The second-order valence-electron chi connectivity index (χ2n) is 2.49. The van der Waals surface area contributed by atoms with Crippen LogP contribution in [-0.4, -0.2) is 11.5 Å². The lowest BCUT2D eigenvalue weighted by atomic mass is 10.2. The molecule has 4 nitrogen and oxygen atoms in total. The number of non-ortho nitro benzene ring substituents is 1. The predicted molar refractivity (Wildman–Crippen MR) is 58.4 cm³/mol. The van der Waals surface area contributed by atoms with Crippen molar-refractivity contribution in [3.63, 3.8) is 0 Å². The lowest BCUT2D eigenvalue weighted by molar-refractivity contribution is -0.384. The van der Waals surface area contributed by atoms with Crippen LogP contribution >= 0.6 is 12.4 Å². The van der Waals surface area contributed by atoms with Crippen molar-refractivity contribution >= 4 is 24.2 Å². The van der Waals surface area contributed by atoms with Crippen molar-refractivity contribution in [2.45, 2.75) is 0 Å². The summed E-state index contributed by atoms with van der Waals surface area (Å²) in [4.78, 5) is 9.87. The first-order chi connectivity index (χ1) is 6.24. The van der Waals surface area contributed by atoms with Crippen LogP contribution in [0.25, 0.3) is 6.08 Å². The molecule has 14 heavy (non-hydrogen) atoms. The van der Waals surface area contributed by atoms with Crippen molar-refractivity contribution in [2.24, 2.45) is 5.73 Å². The van der Waals surface area contributed by atoms with Gasteiger partial charge in [0.25, 0.3) is 5.69 Å². The van der Waals surface area contributed by atoms with Crippen LogP contribution in [0.15, 0.2) is 30.3 Å². The topological polar surface area (TPSA) is 69.2 Å². The van der Waals surface area contributed by atoms with Gasteiger partial charge in [0, 0.05) is 18.7 Å². The molecule has 0 aliphatic carbocycles. The third kappa shape index (κ3) is 3.55. The number of rotatable bonds is 3. The summed E-state index contributed by atoms with van der Waals surface area (Å²) >= 11 is 0. The molecule has 0 saturated carbocycles. The van der Waals surface area contributed by atoms with E-state index in [2.05, 4.69) is 0 Å². The van der Waals surface area contributed by atoms with Gasteiger partial charge < -0.3 is 5.73 Å². The zero-order chi connectivity index (χ0) is 9.68. The molecule has 0 radical (unpaired) electrons. The van der Waals surface area contributed by atoms with Gasteiger partial charge in [-0.1, -0.05) is 12.2 Å². The number of hydrogen-bond donors (Lipinski definition) is 1. The fourth-order valence-electron chi connectivity index (χ4n) is 0.911. The van der Waals surface area contributed by atoms with E-state index in [1.165, 1.54) is 12.1 Å². The summed E-state index contributed by atoms with van der Waals surface area (Å²) in [6.07, 6.45) is 3.62. The van der Waals surface area contributed by atoms with Gasteiger partial charge in [-0.05, 0) is 17.7 Å². The summed E-state index contributed by atoms with van der Waals surface area (Å²) in [5.41, 5.74) is 6.27. The van der Waals surface area contributed by atoms with E-state index in [1.54, 1.807) is 18.2 Å². The van der Waals surface area contributed by atoms with Crippen LogP contribution in [0.3, 0.4) is 0 Å². The zero-order valence-corrected chi connectivity index (χ0v) is 8.24. The molecule has 0 aliphatic heterocycles. The first-order valence-corrected chi connectivity index (χ1v) is 3.85. The summed E-state index contributed by atoms with van der Waals surface area (Å²) < 4.78 is 0. The predicted octanol–water partition coefficient (Wildman–Crippen LogP) is 1.99. The number of nitro groups is 1. The number of nitrogens with zero attached hydrogens (tertiary/aromatic N) is 1. The Morgan fingerprint density at radius 3 is 2.36 bits per heavy atom. The molecule has 0 spiro atoms. The number of nitrogens with two attached hydrogens (primary N) is 1. The van der Waals surface area contributed by atoms with Gasteiger partial charge in [0.2, 0.25) is 0 Å². The molecule has 0 aromatic heterocycles. The van der Waals surface area contributed by atoms with Gasteiger partial charge in [-0.2, -0.15) is 0 Å². The molecular formula is C9H11ClN2O2. The van der Waals surface area contributed by atoms with E-state index in [4.69, 9.17) is 5.73 Å². The van der Waals surface area contributed by atoms with Crippen molar-refractivity contribution in [3.8, 4) is 0 Å². The molecule has 0 saturated heterocycles. The average Bonchev–Trinajstić information content (AvgIpc) is 2.15. The number of halogens is 1. The quantitative estimate of drug-likeness (QED) is 0.618. The average molecular weight is 215 g/mol. The van der Waals surface area contributed by atoms with E-state index < -0.39 is 4.92 Å². The molecule has 1 aromatic rings. The smallest absolute Gasteiger partial charge is 0.269 e. The first kappa shape index (κ1) is 12.6. The molecule has 0 fully saturated rings. The Morgan fingerprint density at radius 2 is 1.93 bits per heavy atom. The second-order valence-corrected chi connectivity index (χ2v) is 2.49. The summed E-state index contributed by atoms with van der Waals surface area (Å²) in [6, 6.07) is 6.31. The van der Waals surface area contributed by atoms with Gasteiger partial charge in [0.15, 0.2) is 0 Å². The molecule has 0 unspecified atom stereocenters. The SMILES string of the molecule is Cl.NCC=Cc1ccc([N+](=O)[O-])cc1. The Bertz CT molecular complexity index is 322. The van der Waals surface area contributed by atoms with E-state index in [-0.39, 0.29) is 18.1 Å². The van der Waals surface area contributed by atoms with Crippen LogP contribution in [0.2, 0.25) is 0 Å². The van der Waals surface area contributed by atoms with Gasteiger partial charge in [0.1, 0.15) is 0 Å². The van der Waals surface area contributed by atoms with Crippen LogP contribution in [0, 0.1) is 10.1 Å². The Balaban J connectivity index is 0.00000169. The minimum absolute atomic E-state index is 0. The molecule has 1 rings (SSSR count). The largest absolute Gasteiger partial charge is 0.327 e. The van der Waals surface area contributed by atoms with E-state index >= 15 is 0 Å². The second kappa shape index (κ2) is 6.12. The summed E-state index contributed by atoms with van der Waals surface area (Å²) in [6.45, 7) is 0.469. The maximum atomic E-state index is 10.3. The van der Waals surface area contributed by atoms with Crippen molar-refractivity contribution in [2.75, 3.05) is 6.54 Å². The van der Waals surface area contributed by atoms with Gasteiger partial charge in [-0.3, -0.25) is 10.1 Å². The zero-order valence-electron chi connectivity index (χ0n) is 7.42. The molecule has 5 heteroatoms. The Hall–Kier alpha value is -1.39. The minimum Gasteiger partial charge on any atom is -0.327 e. The highest BCUT2D eigenvalue weighted by molar-refractivity contribution is 5.85. The van der Waals surface area contributed by atoms with Crippen LogP contribution in [0.4, 0.5) is 5.69 Å². The third-order valence-corrected chi connectivity index (χ3v) is 1.55. The summed E-state index contributed by atoms with van der Waals surface area (Å²) in [7, 11) is 0. The molecule has 0 heterocycles. The molecule has 0 atom stereocenters. The van der Waals surface area contributed by atoms with E-state index in [1.807, 2.05) is 6.08 Å². The fourth-order valence-corrected chi connectivity index (χ4v) is 0.911. The molecule has 2 N–H and O–H groups in total.